The van der Waals surface area contributed by atoms with Crippen molar-refractivity contribution in [3.8, 4) is 5.75 Å². The number of aromatic nitrogens is 4. The molecule has 0 unspecified atom stereocenters. The van der Waals surface area contributed by atoms with Gasteiger partial charge in [0.15, 0.2) is 17.3 Å². The molecule has 0 bridgehead atoms. The predicted octanol–water partition coefficient (Wildman–Crippen LogP) is 0.393. The fourth-order valence-corrected chi connectivity index (χ4v) is 1.52. The van der Waals surface area contributed by atoms with E-state index in [1.165, 1.54) is 18.0 Å². The molecule has 0 spiro atoms. The summed E-state index contributed by atoms with van der Waals surface area (Å²) in [6, 6.07) is 0. The van der Waals surface area contributed by atoms with Gasteiger partial charge in [-0.2, -0.15) is 5.10 Å². The number of rotatable bonds is 3. The van der Waals surface area contributed by atoms with Crippen molar-refractivity contribution in [3.63, 3.8) is 0 Å². The number of carbonyl (C=O) groups is 1. The monoisotopic (exact) mass is 220 g/mol. The molecule has 0 fully saturated rings. The molecule has 0 N–H and O–H groups in total. The van der Waals surface area contributed by atoms with Crippen molar-refractivity contribution in [2.24, 2.45) is 14.1 Å². The van der Waals surface area contributed by atoms with Gasteiger partial charge in [-0.05, 0) is 0 Å². The predicted molar refractivity (Wildman–Crippen MR) is 56.4 cm³/mol. The Morgan fingerprint density at radius 1 is 1.44 bits per heavy atom. The number of aryl methyl sites for hydroxylation is 2. The average Bonchev–Trinajstić information content (AvgIpc) is 2.83. The van der Waals surface area contributed by atoms with Crippen molar-refractivity contribution < 1.29 is 9.53 Å². The zero-order valence-corrected chi connectivity index (χ0v) is 9.34. The maximum Gasteiger partial charge on any atom is 0.250 e. The van der Waals surface area contributed by atoms with Gasteiger partial charge in [0.25, 0.3) is 0 Å². The molecule has 0 aromatic carbocycles. The molecule has 2 heterocycles. The summed E-state index contributed by atoms with van der Waals surface area (Å²) in [6.45, 7) is 0. The quantitative estimate of drug-likeness (QED) is 0.702. The van der Waals surface area contributed by atoms with Gasteiger partial charge >= 0.3 is 0 Å². The lowest BCUT2D eigenvalue weighted by Gasteiger charge is -2.04. The maximum atomic E-state index is 12.2. The number of nitrogens with zero attached hydrogens (tertiary/aromatic N) is 4. The molecule has 2 aromatic heterocycles. The minimum atomic E-state index is -0.204. The van der Waals surface area contributed by atoms with Crippen LogP contribution in [0.5, 0.6) is 5.75 Å². The molecule has 6 heteroatoms. The number of methoxy groups -OCH3 is 1. The molecular formula is C10H12N4O2. The lowest BCUT2D eigenvalue weighted by Crippen LogP contribution is -2.14. The van der Waals surface area contributed by atoms with Gasteiger partial charge in [0.05, 0.1) is 13.3 Å². The summed E-state index contributed by atoms with van der Waals surface area (Å²) >= 11 is 0. The SMILES string of the molecule is COc1cnn(C)c1C(=O)c1nccn1C. The summed E-state index contributed by atoms with van der Waals surface area (Å²) in [4.78, 5) is 16.2. The van der Waals surface area contributed by atoms with Crippen LogP contribution in [0.2, 0.25) is 0 Å². The Bertz CT molecular complexity index is 527. The first kappa shape index (κ1) is 10.4. The van der Waals surface area contributed by atoms with Gasteiger partial charge in [-0.15, -0.1) is 0 Å². The third kappa shape index (κ3) is 1.48. The van der Waals surface area contributed by atoms with E-state index in [9.17, 15) is 4.79 Å². The van der Waals surface area contributed by atoms with Gasteiger partial charge in [-0.3, -0.25) is 9.48 Å². The summed E-state index contributed by atoms with van der Waals surface area (Å²) in [7, 11) is 4.97. The summed E-state index contributed by atoms with van der Waals surface area (Å²) in [5.74, 6) is 0.613. The second-order valence-electron chi connectivity index (χ2n) is 3.38. The summed E-state index contributed by atoms with van der Waals surface area (Å²) in [5, 5.41) is 3.98. The Kier molecular flexibility index (Phi) is 2.47. The van der Waals surface area contributed by atoms with Gasteiger partial charge in [0, 0.05) is 26.5 Å². The first-order valence-electron chi connectivity index (χ1n) is 4.73. The molecule has 84 valence electrons. The Balaban J connectivity index is 2.49. The van der Waals surface area contributed by atoms with Crippen molar-refractivity contribution >= 4 is 5.78 Å². The molecule has 6 nitrogen and oxygen atoms in total. The third-order valence-corrected chi connectivity index (χ3v) is 2.36. The van der Waals surface area contributed by atoms with Crippen molar-refractivity contribution in [1.29, 1.82) is 0 Å². The van der Waals surface area contributed by atoms with E-state index in [0.29, 0.717) is 17.3 Å². The van der Waals surface area contributed by atoms with Gasteiger partial charge < -0.3 is 9.30 Å². The topological polar surface area (TPSA) is 61.9 Å². The van der Waals surface area contributed by atoms with E-state index in [1.807, 2.05) is 0 Å². The smallest absolute Gasteiger partial charge is 0.250 e. The highest BCUT2D eigenvalue weighted by atomic mass is 16.5. The maximum absolute atomic E-state index is 12.2. The van der Waals surface area contributed by atoms with E-state index in [4.69, 9.17) is 4.74 Å². The average molecular weight is 220 g/mol. The van der Waals surface area contributed by atoms with Crippen molar-refractivity contribution in [1.82, 2.24) is 19.3 Å². The van der Waals surface area contributed by atoms with E-state index < -0.39 is 0 Å². The van der Waals surface area contributed by atoms with Gasteiger partial charge in [-0.25, -0.2) is 4.98 Å². The highest BCUT2D eigenvalue weighted by molar-refractivity contribution is 6.07. The molecular weight excluding hydrogens is 208 g/mol. The summed E-state index contributed by atoms with van der Waals surface area (Å²) in [6.07, 6.45) is 4.81. The second kappa shape index (κ2) is 3.80. The molecule has 0 atom stereocenters. The van der Waals surface area contributed by atoms with E-state index >= 15 is 0 Å². The standard InChI is InChI=1S/C10H12N4O2/c1-13-5-4-11-10(13)9(15)8-7(16-3)6-12-14(8)2/h4-6H,1-3H3. The number of hydrogen-bond donors (Lipinski definition) is 0. The van der Waals surface area contributed by atoms with E-state index in [1.54, 1.807) is 31.1 Å². The Hall–Kier alpha value is -2.11. The van der Waals surface area contributed by atoms with Gasteiger partial charge in [-0.1, -0.05) is 0 Å². The van der Waals surface area contributed by atoms with Gasteiger partial charge in [0.1, 0.15) is 0 Å². The minimum absolute atomic E-state index is 0.204. The fraction of sp³-hybridized carbons (Fsp3) is 0.300. The molecule has 2 aromatic rings. The van der Waals surface area contributed by atoms with Crippen LogP contribution in [0.25, 0.3) is 0 Å². The zero-order valence-electron chi connectivity index (χ0n) is 9.34. The normalized spacial score (nSPS) is 10.4. The highest BCUT2D eigenvalue weighted by Gasteiger charge is 2.22. The van der Waals surface area contributed by atoms with Crippen LogP contribution in [0.4, 0.5) is 0 Å². The largest absolute Gasteiger partial charge is 0.493 e. The molecule has 0 radical (unpaired) electrons. The van der Waals surface area contributed by atoms with Crippen LogP contribution >= 0.6 is 0 Å². The Labute approximate surface area is 92.5 Å². The van der Waals surface area contributed by atoms with Crippen LogP contribution in [0.1, 0.15) is 16.3 Å². The number of hydrogen-bond acceptors (Lipinski definition) is 4. The molecule has 0 saturated carbocycles. The van der Waals surface area contributed by atoms with Crippen LogP contribution in [-0.2, 0) is 14.1 Å². The Morgan fingerprint density at radius 2 is 2.19 bits per heavy atom. The van der Waals surface area contributed by atoms with Crippen LogP contribution < -0.4 is 4.74 Å². The summed E-state index contributed by atoms with van der Waals surface area (Å²) in [5.41, 5.74) is 0.400. The third-order valence-electron chi connectivity index (χ3n) is 2.36. The second-order valence-corrected chi connectivity index (χ2v) is 3.38. The lowest BCUT2D eigenvalue weighted by atomic mass is 10.2. The Morgan fingerprint density at radius 3 is 2.75 bits per heavy atom. The molecule has 0 saturated heterocycles. The fourth-order valence-electron chi connectivity index (χ4n) is 1.52. The first-order chi connectivity index (χ1) is 7.65. The first-order valence-corrected chi connectivity index (χ1v) is 4.73. The number of carbonyl (C=O) groups excluding carboxylic acids is 1. The van der Waals surface area contributed by atoms with Crippen LogP contribution in [0.3, 0.4) is 0 Å². The van der Waals surface area contributed by atoms with Gasteiger partial charge in [0.2, 0.25) is 5.78 Å². The minimum Gasteiger partial charge on any atom is -0.493 e. The molecule has 16 heavy (non-hydrogen) atoms. The molecule has 0 aliphatic carbocycles. The van der Waals surface area contributed by atoms with Crippen LogP contribution in [0.15, 0.2) is 18.6 Å². The molecule has 0 amide bonds. The van der Waals surface area contributed by atoms with E-state index in [0.717, 1.165) is 0 Å². The lowest BCUT2D eigenvalue weighted by molar-refractivity contribution is 0.101. The van der Waals surface area contributed by atoms with Crippen molar-refractivity contribution in [3.05, 3.63) is 30.1 Å². The van der Waals surface area contributed by atoms with Crippen molar-refractivity contribution in [2.75, 3.05) is 7.11 Å². The summed E-state index contributed by atoms with van der Waals surface area (Å²) < 4.78 is 8.23. The number of ketones is 1. The van der Waals surface area contributed by atoms with Crippen molar-refractivity contribution in [2.45, 2.75) is 0 Å². The highest BCUT2D eigenvalue weighted by Crippen LogP contribution is 2.19. The van der Waals surface area contributed by atoms with Crippen LogP contribution in [0, 0.1) is 0 Å². The number of imidazole rings is 1. The number of ether oxygens (including phenoxy) is 1. The van der Waals surface area contributed by atoms with E-state index in [-0.39, 0.29) is 5.78 Å². The zero-order chi connectivity index (χ0) is 11.7. The van der Waals surface area contributed by atoms with E-state index in [2.05, 4.69) is 10.1 Å². The molecule has 2 rings (SSSR count). The molecule has 0 aliphatic heterocycles. The van der Waals surface area contributed by atoms with Crippen LogP contribution in [-0.4, -0.2) is 32.2 Å². The molecule has 0 aliphatic rings.